The molecule has 2 fully saturated rings. The van der Waals surface area contributed by atoms with Gasteiger partial charge in [-0.3, -0.25) is 0 Å². The van der Waals surface area contributed by atoms with E-state index in [1.807, 2.05) is 12.1 Å². The third-order valence-electron chi connectivity index (χ3n) is 7.21. The number of halogens is 5. The number of rotatable bonds is 6. The summed E-state index contributed by atoms with van der Waals surface area (Å²) in [6, 6.07) is 7.74. The summed E-state index contributed by atoms with van der Waals surface area (Å²) in [7, 11) is 0. The summed E-state index contributed by atoms with van der Waals surface area (Å²) in [5.74, 6) is -3.55. The maximum absolute atomic E-state index is 14.1. The van der Waals surface area contributed by atoms with Gasteiger partial charge in [-0.25, -0.2) is 13.2 Å². The number of hydrogen-bond acceptors (Lipinski definition) is 2. The van der Waals surface area contributed by atoms with Crippen LogP contribution in [0.5, 0.6) is 0 Å². The van der Waals surface area contributed by atoms with Crippen molar-refractivity contribution in [1.29, 1.82) is 0 Å². The molecule has 0 N–H and O–H groups in total. The van der Waals surface area contributed by atoms with Crippen molar-refractivity contribution in [3.05, 3.63) is 76.6 Å². The van der Waals surface area contributed by atoms with Gasteiger partial charge in [-0.1, -0.05) is 24.3 Å². The van der Waals surface area contributed by atoms with Crippen LogP contribution in [-0.2, 0) is 9.47 Å². The summed E-state index contributed by atoms with van der Waals surface area (Å²) in [4.78, 5) is 0. The predicted molar refractivity (Wildman–Crippen MR) is 120 cm³/mol. The van der Waals surface area contributed by atoms with Crippen LogP contribution >= 0.6 is 0 Å². The summed E-state index contributed by atoms with van der Waals surface area (Å²) >= 11 is 0. The minimum Gasteiger partial charge on any atom is -0.469 e. The molecule has 0 bridgehead atoms. The molecule has 2 unspecified atom stereocenters. The molecule has 2 aromatic rings. The van der Waals surface area contributed by atoms with Gasteiger partial charge in [0.2, 0.25) is 5.83 Å². The molecule has 1 saturated carbocycles. The first-order valence-electron chi connectivity index (χ1n) is 11.9. The van der Waals surface area contributed by atoms with Gasteiger partial charge in [0.25, 0.3) is 0 Å². The lowest BCUT2D eigenvalue weighted by Gasteiger charge is -2.38. The highest BCUT2D eigenvalue weighted by atomic mass is 19.2. The minimum atomic E-state index is -1.46. The second kappa shape index (κ2) is 10.9. The first-order chi connectivity index (χ1) is 16.4. The number of ether oxygens (including phenoxy) is 2. The first kappa shape index (κ1) is 24.7. The first-order valence-corrected chi connectivity index (χ1v) is 11.9. The second-order valence-electron chi connectivity index (χ2n) is 9.21. The van der Waals surface area contributed by atoms with Gasteiger partial charge in [-0.2, -0.15) is 8.78 Å². The molecule has 1 aliphatic heterocycles. The van der Waals surface area contributed by atoms with Crippen molar-refractivity contribution >= 4 is 5.83 Å². The Hall–Kier alpha value is -2.41. The Morgan fingerprint density at radius 1 is 0.853 bits per heavy atom. The van der Waals surface area contributed by atoms with Crippen molar-refractivity contribution in [3.63, 3.8) is 0 Å². The molecular formula is C27H29F5O2. The van der Waals surface area contributed by atoms with Gasteiger partial charge in [-0.05, 0) is 86.5 Å². The van der Waals surface area contributed by atoms with E-state index in [1.54, 1.807) is 19.1 Å². The second-order valence-corrected chi connectivity index (χ2v) is 9.21. The lowest BCUT2D eigenvalue weighted by atomic mass is 9.72. The predicted octanol–water partition coefficient (Wildman–Crippen LogP) is 8.15. The van der Waals surface area contributed by atoms with Crippen molar-refractivity contribution in [1.82, 2.24) is 0 Å². The highest BCUT2D eigenvalue weighted by Crippen LogP contribution is 2.43. The minimum absolute atomic E-state index is 0.0661. The Balaban J connectivity index is 1.29. The molecule has 2 aromatic carbocycles. The van der Waals surface area contributed by atoms with E-state index in [0.717, 1.165) is 49.8 Å². The van der Waals surface area contributed by atoms with Gasteiger partial charge in [0.05, 0.1) is 19.3 Å². The van der Waals surface area contributed by atoms with E-state index < -0.39 is 35.4 Å². The molecule has 2 nitrogen and oxygen atoms in total. The summed E-state index contributed by atoms with van der Waals surface area (Å²) in [6.45, 7) is 2.18. The zero-order valence-corrected chi connectivity index (χ0v) is 19.1. The van der Waals surface area contributed by atoms with E-state index >= 15 is 0 Å². The monoisotopic (exact) mass is 480 g/mol. The molecule has 184 valence electrons. The van der Waals surface area contributed by atoms with E-state index in [1.165, 1.54) is 0 Å². The van der Waals surface area contributed by atoms with Crippen molar-refractivity contribution < 1.29 is 31.4 Å². The smallest absolute Gasteiger partial charge is 0.309 e. The van der Waals surface area contributed by atoms with Crippen LogP contribution in [0.4, 0.5) is 22.0 Å². The van der Waals surface area contributed by atoms with E-state index in [9.17, 15) is 22.0 Å². The van der Waals surface area contributed by atoms with Crippen molar-refractivity contribution in [3.8, 4) is 0 Å². The summed E-state index contributed by atoms with van der Waals surface area (Å²) in [5, 5.41) is 0. The van der Waals surface area contributed by atoms with Crippen LogP contribution in [-0.4, -0.2) is 13.2 Å². The Morgan fingerprint density at radius 3 is 2.03 bits per heavy atom. The van der Waals surface area contributed by atoms with Crippen LogP contribution in [0.25, 0.3) is 5.83 Å². The van der Waals surface area contributed by atoms with Crippen LogP contribution in [0.3, 0.4) is 0 Å². The molecule has 0 amide bonds. The van der Waals surface area contributed by atoms with E-state index in [-0.39, 0.29) is 12.2 Å². The SMILES string of the molecule is CCO/C(F)=C(\F)c1ccc(C2CCC(C3CCC(c4cc(F)c(F)c(F)c4)OC3)CC2)cc1. The van der Waals surface area contributed by atoms with E-state index in [0.29, 0.717) is 36.3 Å². The van der Waals surface area contributed by atoms with Crippen molar-refractivity contribution in [2.24, 2.45) is 11.8 Å². The van der Waals surface area contributed by atoms with Crippen LogP contribution in [0.15, 0.2) is 42.4 Å². The lowest BCUT2D eigenvalue weighted by Crippen LogP contribution is -2.29. The largest absolute Gasteiger partial charge is 0.469 e. The van der Waals surface area contributed by atoms with E-state index in [4.69, 9.17) is 4.74 Å². The van der Waals surface area contributed by atoms with Crippen LogP contribution in [0.1, 0.15) is 74.2 Å². The number of benzene rings is 2. The molecular weight excluding hydrogens is 451 g/mol. The molecule has 1 heterocycles. The summed E-state index contributed by atoms with van der Waals surface area (Å²) in [5.41, 5.74) is 1.62. The standard InChI is InChI=1S/C27H29F5O2/c1-2-33-27(32)25(30)19-9-7-17(8-10-19)16-3-5-18(6-4-16)20-11-12-24(34-15-20)21-13-22(28)26(31)23(29)14-21/h7-10,13-14,16,18,20,24H,2-6,11-12,15H2,1H3/b27-25-. The fourth-order valence-electron chi connectivity index (χ4n) is 5.30. The average Bonchev–Trinajstić information content (AvgIpc) is 2.87. The summed E-state index contributed by atoms with van der Waals surface area (Å²) in [6.07, 6.45) is 5.21. The summed E-state index contributed by atoms with van der Waals surface area (Å²) < 4.78 is 78.5. The van der Waals surface area contributed by atoms with Gasteiger partial charge in [0.15, 0.2) is 17.5 Å². The molecule has 0 spiro atoms. The van der Waals surface area contributed by atoms with Crippen LogP contribution in [0, 0.1) is 29.3 Å². The van der Waals surface area contributed by atoms with Gasteiger partial charge in [-0.15, -0.1) is 0 Å². The maximum Gasteiger partial charge on any atom is 0.309 e. The third kappa shape index (κ3) is 5.45. The van der Waals surface area contributed by atoms with Gasteiger partial charge < -0.3 is 9.47 Å². The van der Waals surface area contributed by atoms with E-state index in [2.05, 4.69) is 4.74 Å². The highest BCUT2D eigenvalue weighted by Gasteiger charge is 2.32. The molecule has 34 heavy (non-hydrogen) atoms. The Bertz CT molecular complexity index is 981. The number of hydrogen-bond donors (Lipinski definition) is 0. The molecule has 2 aliphatic rings. The van der Waals surface area contributed by atoms with Gasteiger partial charge >= 0.3 is 6.01 Å². The molecule has 7 heteroatoms. The van der Waals surface area contributed by atoms with Crippen molar-refractivity contribution in [2.75, 3.05) is 13.2 Å². The fraction of sp³-hybridized carbons (Fsp3) is 0.481. The maximum atomic E-state index is 14.1. The molecule has 0 aromatic heterocycles. The van der Waals surface area contributed by atoms with Crippen molar-refractivity contribution in [2.45, 2.75) is 57.5 Å². The molecule has 0 radical (unpaired) electrons. The van der Waals surface area contributed by atoms with Crippen LogP contribution in [0.2, 0.25) is 0 Å². The topological polar surface area (TPSA) is 18.5 Å². The Labute approximate surface area is 196 Å². The zero-order valence-electron chi connectivity index (χ0n) is 19.1. The van der Waals surface area contributed by atoms with Crippen LogP contribution < -0.4 is 0 Å². The third-order valence-corrected chi connectivity index (χ3v) is 7.21. The molecule has 1 aliphatic carbocycles. The van der Waals surface area contributed by atoms with Gasteiger partial charge in [0, 0.05) is 5.56 Å². The van der Waals surface area contributed by atoms with Gasteiger partial charge in [0.1, 0.15) is 0 Å². The molecule has 2 atom stereocenters. The molecule has 4 rings (SSSR count). The zero-order chi connectivity index (χ0) is 24.2. The fourth-order valence-corrected chi connectivity index (χ4v) is 5.30. The quantitative estimate of drug-likeness (QED) is 0.236. The Kier molecular flexibility index (Phi) is 7.91. The average molecular weight is 481 g/mol. The molecule has 1 saturated heterocycles. The highest BCUT2D eigenvalue weighted by molar-refractivity contribution is 5.60. The Morgan fingerprint density at radius 2 is 1.47 bits per heavy atom. The lowest BCUT2D eigenvalue weighted by molar-refractivity contribution is -0.0393. The normalized spacial score (nSPS) is 26.2.